The number of aryl methyl sites for hydroxylation is 2. The van der Waals surface area contributed by atoms with E-state index < -0.39 is 0 Å². The number of rotatable bonds is 2. The predicted octanol–water partition coefficient (Wildman–Crippen LogP) is 7.03. The molecule has 0 spiro atoms. The summed E-state index contributed by atoms with van der Waals surface area (Å²) in [5.41, 5.74) is 2.87. The van der Waals surface area contributed by atoms with Crippen LogP contribution in [0.3, 0.4) is 0 Å². The Kier molecular flexibility index (Phi) is 10.7. The molecule has 4 aromatic carbocycles. The van der Waals surface area contributed by atoms with Crippen molar-refractivity contribution in [3.8, 4) is 0 Å². The largest absolute Gasteiger partial charge is 2.00 e. The van der Waals surface area contributed by atoms with Gasteiger partial charge in [0.2, 0.25) is 0 Å². The first-order valence-electron chi connectivity index (χ1n) is 9.09. The van der Waals surface area contributed by atoms with Gasteiger partial charge in [-0.15, -0.1) is 81.2 Å². The van der Waals surface area contributed by atoms with Crippen LogP contribution < -0.4 is 0 Å². The average Bonchev–Trinajstić information content (AvgIpc) is 3.26. The summed E-state index contributed by atoms with van der Waals surface area (Å²) in [6.45, 7) is 8.68. The first kappa shape index (κ1) is 22.8. The molecule has 0 aliphatic carbocycles. The number of hydrogen-bond acceptors (Lipinski definition) is 0. The third kappa shape index (κ3) is 6.49. The van der Waals surface area contributed by atoms with Gasteiger partial charge in [-0.05, 0) is 12.8 Å². The van der Waals surface area contributed by atoms with E-state index in [1.54, 1.807) is 0 Å². The topological polar surface area (TPSA) is 0 Å². The maximum absolute atomic E-state index is 2.26. The molecule has 0 aliphatic rings. The Balaban J connectivity index is 0.000000219. The molecule has 0 fully saturated rings. The Morgan fingerprint density at radius 2 is 1.04 bits per heavy atom. The molecule has 2 radical (unpaired) electrons. The summed E-state index contributed by atoms with van der Waals surface area (Å²) in [6.07, 6.45) is 2.27. The minimum absolute atomic E-state index is 0. The predicted molar refractivity (Wildman–Crippen MR) is 115 cm³/mol. The van der Waals surface area contributed by atoms with Crippen molar-refractivity contribution in [2.24, 2.45) is 0 Å². The van der Waals surface area contributed by atoms with E-state index in [9.17, 15) is 0 Å². The van der Waals surface area contributed by atoms with Gasteiger partial charge >= 0.3 is 26.2 Å². The van der Waals surface area contributed by atoms with Crippen molar-refractivity contribution < 1.29 is 26.2 Å². The van der Waals surface area contributed by atoms with Crippen molar-refractivity contribution in [1.82, 2.24) is 0 Å². The fourth-order valence-electron chi connectivity index (χ4n) is 2.84. The van der Waals surface area contributed by atoms with Crippen molar-refractivity contribution >= 4 is 31.1 Å². The molecule has 0 nitrogen and oxygen atoms in total. The van der Waals surface area contributed by atoms with Crippen LogP contribution in [0.15, 0.2) is 72.8 Å². The van der Waals surface area contributed by atoms with E-state index in [0.29, 0.717) is 0 Å². The van der Waals surface area contributed by atoms with Gasteiger partial charge in [0.15, 0.2) is 0 Å². The van der Waals surface area contributed by atoms with E-state index in [0.717, 1.165) is 22.4 Å². The minimum atomic E-state index is 0. The van der Waals surface area contributed by atoms with Crippen molar-refractivity contribution in [2.45, 2.75) is 39.8 Å². The molecule has 0 atom stereocenters. The Labute approximate surface area is 180 Å². The van der Waals surface area contributed by atoms with E-state index in [1.165, 1.54) is 32.7 Å². The Morgan fingerprint density at radius 3 is 1.35 bits per heavy atom. The minimum Gasteiger partial charge on any atom is -0.165 e. The maximum Gasteiger partial charge on any atom is 2.00 e. The third-order valence-corrected chi connectivity index (χ3v) is 4.17. The molecule has 0 amide bonds. The molecule has 4 aromatic rings. The van der Waals surface area contributed by atoms with E-state index in [2.05, 4.69) is 99.7 Å². The van der Waals surface area contributed by atoms with Crippen molar-refractivity contribution in [2.75, 3.05) is 0 Å². The Hall–Kier alpha value is -1.24. The van der Waals surface area contributed by atoms with Gasteiger partial charge in [-0.3, -0.25) is 0 Å². The first-order valence-corrected chi connectivity index (χ1v) is 11.1. The van der Waals surface area contributed by atoms with E-state index in [4.69, 9.17) is 0 Å². The molecular formula is C24H28SiZr. The molecule has 0 heterocycles. The fourth-order valence-corrected chi connectivity index (χ4v) is 2.84. The average molecular weight is 436 g/mol. The standard InChI is InChI=1S/2C11H11.C2H6Si.Zr/c2*1-2-9-7-10-5-3-4-6-11(10)8-9;1-3-2;/h2*3-8H,2H2,1H3;1-2H3;/q2*-1;;+2. The molecule has 0 saturated carbocycles. The molecule has 26 heavy (non-hydrogen) atoms. The molecule has 4 rings (SSSR count). The van der Waals surface area contributed by atoms with Gasteiger partial charge in [-0.1, -0.05) is 39.1 Å². The van der Waals surface area contributed by atoms with Gasteiger partial charge in [0, 0.05) is 9.52 Å². The second-order valence-corrected chi connectivity index (χ2v) is 7.19. The Bertz CT molecular complexity index is 745. The summed E-state index contributed by atoms with van der Waals surface area (Å²) >= 11 is 0. The maximum atomic E-state index is 2.26. The molecule has 2 heteroatoms. The zero-order valence-corrected chi connectivity index (χ0v) is 19.8. The van der Waals surface area contributed by atoms with Crippen molar-refractivity contribution in [3.63, 3.8) is 0 Å². The van der Waals surface area contributed by atoms with E-state index >= 15 is 0 Å². The van der Waals surface area contributed by atoms with Crippen LogP contribution in [0.1, 0.15) is 25.0 Å². The molecule has 0 aromatic heterocycles. The molecule has 0 aliphatic heterocycles. The molecule has 0 N–H and O–H groups in total. The first-order chi connectivity index (χ1) is 12.2. The second-order valence-electron chi connectivity index (χ2n) is 6.19. The van der Waals surface area contributed by atoms with Gasteiger partial charge in [-0.2, -0.15) is 12.1 Å². The van der Waals surface area contributed by atoms with Crippen LogP contribution in [0.2, 0.25) is 13.1 Å². The summed E-state index contributed by atoms with van der Waals surface area (Å²) in [5.74, 6) is 0. The van der Waals surface area contributed by atoms with Gasteiger partial charge in [0.25, 0.3) is 0 Å². The molecule has 0 unspecified atom stereocenters. The summed E-state index contributed by atoms with van der Waals surface area (Å²) in [4.78, 5) is 0. The smallest absolute Gasteiger partial charge is 0.165 e. The van der Waals surface area contributed by atoms with E-state index in [-0.39, 0.29) is 26.2 Å². The van der Waals surface area contributed by atoms with Crippen LogP contribution >= 0.6 is 0 Å². The normalized spacial score (nSPS) is 9.69. The zero-order valence-electron chi connectivity index (χ0n) is 16.3. The number of fused-ring (bicyclic) bond motifs is 2. The monoisotopic (exact) mass is 434 g/mol. The van der Waals surface area contributed by atoms with Crippen LogP contribution in [-0.4, -0.2) is 9.52 Å². The number of benzene rings is 2. The summed E-state index contributed by atoms with van der Waals surface area (Å²) < 4.78 is 0. The van der Waals surface area contributed by atoms with Crippen molar-refractivity contribution in [3.05, 3.63) is 83.9 Å². The van der Waals surface area contributed by atoms with Crippen LogP contribution in [0.5, 0.6) is 0 Å². The summed E-state index contributed by atoms with van der Waals surface area (Å²) in [6, 6.07) is 26.0. The van der Waals surface area contributed by atoms with Crippen LogP contribution in [0.4, 0.5) is 0 Å². The quantitative estimate of drug-likeness (QED) is 0.234. The van der Waals surface area contributed by atoms with Crippen LogP contribution in [-0.2, 0) is 39.0 Å². The molecule has 0 bridgehead atoms. The van der Waals surface area contributed by atoms with Crippen LogP contribution in [0, 0.1) is 0 Å². The van der Waals surface area contributed by atoms with Gasteiger partial charge in [-0.25, -0.2) is 0 Å². The summed E-state index contributed by atoms with van der Waals surface area (Å²) in [7, 11) is 1.08. The fraction of sp³-hybridized carbons (Fsp3) is 0.250. The van der Waals surface area contributed by atoms with Crippen molar-refractivity contribution in [1.29, 1.82) is 0 Å². The van der Waals surface area contributed by atoms with E-state index in [1.807, 2.05) is 0 Å². The van der Waals surface area contributed by atoms with Gasteiger partial charge in [0.05, 0.1) is 0 Å². The Morgan fingerprint density at radius 1 is 0.692 bits per heavy atom. The molecular weight excluding hydrogens is 408 g/mol. The summed E-state index contributed by atoms with van der Waals surface area (Å²) in [5, 5.41) is 5.46. The zero-order chi connectivity index (χ0) is 18.1. The molecule has 0 saturated heterocycles. The third-order valence-electron chi connectivity index (χ3n) is 4.17. The van der Waals surface area contributed by atoms with Gasteiger partial charge in [0.1, 0.15) is 0 Å². The van der Waals surface area contributed by atoms with Crippen LogP contribution in [0.25, 0.3) is 21.5 Å². The SMILES string of the molecule is CCc1cc2ccccc2[cH-]1.CCc1cc2ccccc2[cH-]1.C[Si]C.[Zr+2]. The number of hydrogen-bond donors (Lipinski definition) is 0. The van der Waals surface area contributed by atoms with Gasteiger partial charge < -0.3 is 0 Å². The molecule has 132 valence electrons. The second kappa shape index (κ2) is 12.2.